The van der Waals surface area contributed by atoms with E-state index in [1.165, 1.54) is 0 Å². The van der Waals surface area contributed by atoms with Gasteiger partial charge in [0.15, 0.2) is 0 Å². The fraction of sp³-hybridized carbons (Fsp3) is 0.588. The summed E-state index contributed by atoms with van der Waals surface area (Å²) in [7, 11) is 0. The highest BCUT2D eigenvalue weighted by atomic mass is 16.5. The molecule has 2 rings (SSSR count). The number of hydrogen-bond donors (Lipinski definition) is 1. The number of piperazine rings is 1. The smallest absolute Gasteiger partial charge is 0.253 e. The van der Waals surface area contributed by atoms with E-state index in [1.807, 2.05) is 36.1 Å². The average molecular weight is 306 g/mol. The molecular weight excluding hydrogens is 280 g/mol. The Bertz CT molecular complexity index is 467. The fourth-order valence-corrected chi connectivity index (χ4v) is 2.49. The lowest BCUT2D eigenvalue weighted by Gasteiger charge is -2.34. The summed E-state index contributed by atoms with van der Waals surface area (Å²) < 4.78 is 5.73. The van der Waals surface area contributed by atoms with E-state index in [-0.39, 0.29) is 18.6 Å². The Kier molecular flexibility index (Phi) is 6.21. The van der Waals surface area contributed by atoms with Crippen LogP contribution in [0.5, 0.6) is 5.75 Å². The summed E-state index contributed by atoms with van der Waals surface area (Å²) in [6.07, 6.45) is 1.14. The zero-order valence-electron chi connectivity index (χ0n) is 13.5. The summed E-state index contributed by atoms with van der Waals surface area (Å²) in [6.45, 7) is 8.04. The predicted molar refractivity (Wildman–Crippen MR) is 86.3 cm³/mol. The van der Waals surface area contributed by atoms with E-state index in [0.29, 0.717) is 25.2 Å². The lowest BCUT2D eigenvalue weighted by molar-refractivity contribution is 0.0615. The molecule has 1 atom stereocenters. The van der Waals surface area contributed by atoms with Crippen molar-refractivity contribution in [2.24, 2.45) is 0 Å². The van der Waals surface area contributed by atoms with Gasteiger partial charge in [0, 0.05) is 38.3 Å². The number of benzene rings is 1. The predicted octanol–water partition coefficient (Wildman–Crippen LogP) is 1.61. The van der Waals surface area contributed by atoms with E-state index < -0.39 is 0 Å². The van der Waals surface area contributed by atoms with E-state index in [2.05, 4.69) is 11.8 Å². The minimum atomic E-state index is 0.0683. The summed E-state index contributed by atoms with van der Waals surface area (Å²) in [4.78, 5) is 16.5. The molecule has 1 amide bonds. The minimum absolute atomic E-state index is 0.0683. The van der Waals surface area contributed by atoms with Crippen molar-refractivity contribution < 1.29 is 14.6 Å². The highest BCUT2D eigenvalue weighted by Gasteiger charge is 2.21. The second-order valence-electron chi connectivity index (χ2n) is 5.72. The molecule has 1 fully saturated rings. The molecule has 1 aliphatic heterocycles. The van der Waals surface area contributed by atoms with Crippen LogP contribution in [-0.4, -0.2) is 66.2 Å². The fourth-order valence-electron chi connectivity index (χ4n) is 2.49. The standard InChI is InChI=1S/C17H26N2O3/c1-3-14(2)22-16-6-4-15(5-7-16)17(21)19-10-8-18(9-11-19)12-13-20/h4-7,14,20H,3,8-13H2,1-2H3. The number of ether oxygens (including phenoxy) is 1. The van der Waals surface area contributed by atoms with E-state index in [0.717, 1.165) is 25.3 Å². The van der Waals surface area contributed by atoms with Crippen molar-refractivity contribution >= 4 is 5.91 Å². The minimum Gasteiger partial charge on any atom is -0.491 e. The monoisotopic (exact) mass is 306 g/mol. The number of aliphatic hydroxyl groups excluding tert-OH is 1. The third-order valence-corrected chi connectivity index (χ3v) is 4.09. The Morgan fingerprint density at radius 1 is 1.23 bits per heavy atom. The van der Waals surface area contributed by atoms with Crippen LogP contribution in [0.4, 0.5) is 0 Å². The molecule has 1 aliphatic rings. The van der Waals surface area contributed by atoms with Gasteiger partial charge in [0.25, 0.3) is 5.91 Å². The first-order chi connectivity index (χ1) is 10.6. The lowest BCUT2D eigenvalue weighted by atomic mass is 10.1. The van der Waals surface area contributed by atoms with Crippen LogP contribution < -0.4 is 4.74 Å². The first-order valence-corrected chi connectivity index (χ1v) is 8.03. The first kappa shape index (κ1) is 16.8. The highest BCUT2D eigenvalue weighted by Crippen LogP contribution is 2.16. The maximum absolute atomic E-state index is 12.5. The van der Waals surface area contributed by atoms with Gasteiger partial charge in [0.1, 0.15) is 5.75 Å². The second-order valence-corrected chi connectivity index (χ2v) is 5.72. The van der Waals surface area contributed by atoms with E-state index >= 15 is 0 Å². The molecule has 0 spiro atoms. The van der Waals surface area contributed by atoms with Crippen molar-refractivity contribution in [3.05, 3.63) is 29.8 Å². The number of hydrogen-bond acceptors (Lipinski definition) is 4. The maximum atomic E-state index is 12.5. The SMILES string of the molecule is CCC(C)Oc1ccc(C(=O)N2CCN(CCO)CC2)cc1. The molecule has 5 heteroatoms. The molecule has 0 aliphatic carbocycles. The van der Waals surface area contributed by atoms with E-state index in [1.54, 1.807) is 0 Å². The maximum Gasteiger partial charge on any atom is 0.253 e. The van der Waals surface area contributed by atoms with Crippen LogP contribution in [-0.2, 0) is 0 Å². The first-order valence-electron chi connectivity index (χ1n) is 8.03. The summed E-state index contributed by atoms with van der Waals surface area (Å²) >= 11 is 0. The van der Waals surface area contributed by atoms with Crippen LogP contribution in [0.1, 0.15) is 30.6 Å². The Balaban J connectivity index is 1.90. The van der Waals surface area contributed by atoms with Crippen molar-refractivity contribution in [3.63, 3.8) is 0 Å². The van der Waals surface area contributed by atoms with Gasteiger partial charge in [-0.1, -0.05) is 6.92 Å². The Morgan fingerprint density at radius 3 is 2.41 bits per heavy atom. The number of β-amino-alcohol motifs (C(OH)–C–C–N with tert-alkyl or cyclic N) is 1. The summed E-state index contributed by atoms with van der Waals surface area (Å²) in [5.74, 6) is 0.873. The van der Waals surface area contributed by atoms with Crippen LogP contribution in [0, 0.1) is 0 Å². The summed E-state index contributed by atoms with van der Waals surface area (Å²) in [5.41, 5.74) is 0.701. The molecular formula is C17H26N2O3. The lowest BCUT2D eigenvalue weighted by Crippen LogP contribution is -2.49. The number of aliphatic hydroxyl groups is 1. The van der Waals surface area contributed by atoms with Crippen LogP contribution in [0.2, 0.25) is 0 Å². The number of rotatable bonds is 6. The highest BCUT2D eigenvalue weighted by molar-refractivity contribution is 5.94. The molecule has 0 saturated carbocycles. The second kappa shape index (κ2) is 8.15. The molecule has 0 radical (unpaired) electrons. The van der Waals surface area contributed by atoms with Crippen LogP contribution in [0.15, 0.2) is 24.3 Å². The van der Waals surface area contributed by atoms with Gasteiger partial charge in [-0.25, -0.2) is 0 Å². The van der Waals surface area contributed by atoms with Gasteiger partial charge in [-0.05, 0) is 37.6 Å². The Morgan fingerprint density at radius 2 is 1.86 bits per heavy atom. The summed E-state index contributed by atoms with van der Waals surface area (Å²) in [6, 6.07) is 7.39. The number of carbonyl (C=O) groups is 1. The van der Waals surface area contributed by atoms with Gasteiger partial charge in [-0.3, -0.25) is 9.69 Å². The normalized spacial score (nSPS) is 17.3. The number of amides is 1. The average Bonchev–Trinajstić information content (AvgIpc) is 2.56. The molecule has 1 aromatic rings. The van der Waals surface area contributed by atoms with Crippen molar-refractivity contribution in [2.75, 3.05) is 39.3 Å². The topological polar surface area (TPSA) is 53.0 Å². The van der Waals surface area contributed by atoms with E-state index in [9.17, 15) is 4.79 Å². The van der Waals surface area contributed by atoms with Gasteiger partial charge in [-0.2, -0.15) is 0 Å². The van der Waals surface area contributed by atoms with Gasteiger partial charge in [0.05, 0.1) is 12.7 Å². The Hall–Kier alpha value is -1.59. The third kappa shape index (κ3) is 4.45. The van der Waals surface area contributed by atoms with Crippen molar-refractivity contribution in [2.45, 2.75) is 26.4 Å². The number of nitrogens with zero attached hydrogens (tertiary/aromatic N) is 2. The molecule has 1 saturated heterocycles. The molecule has 1 N–H and O–H groups in total. The molecule has 0 bridgehead atoms. The van der Waals surface area contributed by atoms with Crippen LogP contribution >= 0.6 is 0 Å². The van der Waals surface area contributed by atoms with Gasteiger partial charge >= 0.3 is 0 Å². The molecule has 1 unspecified atom stereocenters. The van der Waals surface area contributed by atoms with E-state index in [4.69, 9.17) is 9.84 Å². The van der Waals surface area contributed by atoms with Gasteiger partial charge in [0.2, 0.25) is 0 Å². The van der Waals surface area contributed by atoms with Gasteiger partial charge < -0.3 is 14.7 Å². The molecule has 5 nitrogen and oxygen atoms in total. The van der Waals surface area contributed by atoms with Gasteiger partial charge in [-0.15, -0.1) is 0 Å². The zero-order chi connectivity index (χ0) is 15.9. The van der Waals surface area contributed by atoms with Crippen LogP contribution in [0.25, 0.3) is 0 Å². The zero-order valence-corrected chi connectivity index (χ0v) is 13.5. The quantitative estimate of drug-likeness (QED) is 0.867. The summed E-state index contributed by atoms with van der Waals surface area (Å²) in [5, 5.41) is 8.94. The molecule has 1 aromatic carbocycles. The van der Waals surface area contributed by atoms with Crippen LogP contribution in [0.3, 0.4) is 0 Å². The molecule has 0 aromatic heterocycles. The molecule has 22 heavy (non-hydrogen) atoms. The largest absolute Gasteiger partial charge is 0.491 e. The number of carbonyl (C=O) groups excluding carboxylic acids is 1. The Labute approximate surface area is 132 Å². The van der Waals surface area contributed by atoms with Crippen molar-refractivity contribution in [1.29, 1.82) is 0 Å². The third-order valence-electron chi connectivity index (χ3n) is 4.09. The molecule has 1 heterocycles. The molecule has 122 valence electrons. The van der Waals surface area contributed by atoms with Crippen molar-refractivity contribution in [3.8, 4) is 5.75 Å². The van der Waals surface area contributed by atoms with Crippen molar-refractivity contribution in [1.82, 2.24) is 9.80 Å².